The molecule has 4 heteroatoms. The zero-order chi connectivity index (χ0) is 35.8. The quantitative estimate of drug-likeness (QED) is 0.116. The number of fused-ring (bicyclic) bond motifs is 5. The molecule has 0 amide bonds. The predicted molar refractivity (Wildman–Crippen MR) is 228 cm³/mol. The Hall–Kier alpha value is -3.78. The van der Waals surface area contributed by atoms with E-state index in [1.165, 1.54) is 88.3 Å². The monoisotopic (exact) mass is 805 g/mol. The van der Waals surface area contributed by atoms with Crippen LogP contribution in [0.1, 0.15) is 47.6 Å². The molecule has 2 unspecified atom stereocenters. The van der Waals surface area contributed by atoms with Gasteiger partial charge in [0.25, 0.3) is 0 Å². The first-order valence-electron chi connectivity index (χ1n) is 18.4. The minimum atomic E-state index is -5.11. The van der Waals surface area contributed by atoms with Gasteiger partial charge in [-0.25, -0.2) is 0 Å². The van der Waals surface area contributed by atoms with Gasteiger partial charge >= 0.3 is 319 Å². The Labute approximate surface area is 316 Å². The summed E-state index contributed by atoms with van der Waals surface area (Å²) in [5, 5.41) is 5.04. The average molecular weight is 808 g/mol. The first kappa shape index (κ1) is 34.0. The summed E-state index contributed by atoms with van der Waals surface area (Å²) in [7, 11) is 17.8. The van der Waals surface area contributed by atoms with Crippen LogP contribution in [0.2, 0.25) is 13.1 Å². The van der Waals surface area contributed by atoms with E-state index in [0.717, 1.165) is 0 Å². The van der Waals surface area contributed by atoms with Crippen LogP contribution in [0.4, 0.5) is 0 Å². The molecule has 0 aromatic heterocycles. The SMILES string of the molecule is CC1=Cc2c(-c3ccccc3)ccc(C)c2[CH]1[Zr]([Cl])([Cl])([CH]1C(c2cccc3c2ccc2ccccc23)=Cc2c(-c3ccccc3)cccc21)[SiH](C)C. The van der Waals surface area contributed by atoms with Gasteiger partial charge in [0, 0.05) is 0 Å². The molecule has 2 aliphatic carbocycles. The van der Waals surface area contributed by atoms with Gasteiger partial charge in [-0.2, -0.15) is 0 Å². The Kier molecular flexibility index (Phi) is 8.29. The van der Waals surface area contributed by atoms with Crippen molar-refractivity contribution in [1.82, 2.24) is 0 Å². The molecule has 0 heterocycles. The Bertz CT molecular complexity index is 2620. The van der Waals surface area contributed by atoms with Crippen molar-refractivity contribution in [2.45, 2.75) is 34.2 Å². The topological polar surface area (TPSA) is 0 Å². The third-order valence-electron chi connectivity index (χ3n) is 12.2. The van der Waals surface area contributed by atoms with E-state index < -0.39 is 21.5 Å². The molecule has 0 aliphatic heterocycles. The van der Waals surface area contributed by atoms with Crippen LogP contribution in [0.15, 0.2) is 151 Å². The summed E-state index contributed by atoms with van der Waals surface area (Å²) in [6.07, 6.45) is 4.90. The van der Waals surface area contributed by atoms with Crippen molar-refractivity contribution in [2.24, 2.45) is 0 Å². The molecular formula is C48H41Cl2SiZr. The molecular weight excluding hydrogens is 767 g/mol. The molecule has 52 heavy (non-hydrogen) atoms. The zero-order valence-electron chi connectivity index (χ0n) is 30.0. The molecule has 7 aromatic rings. The van der Waals surface area contributed by atoms with E-state index in [0.29, 0.717) is 0 Å². The van der Waals surface area contributed by atoms with Crippen molar-refractivity contribution in [3.63, 3.8) is 0 Å². The summed E-state index contributed by atoms with van der Waals surface area (Å²) in [6, 6.07) is 53.1. The van der Waals surface area contributed by atoms with Crippen molar-refractivity contribution in [3.8, 4) is 22.3 Å². The Morgan fingerprint density at radius 3 is 1.83 bits per heavy atom. The molecule has 0 bridgehead atoms. The van der Waals surface area contributed by atoms with Gasteiger partial charge in [-0.3, -0.25) is 0 Å². The van der Waals surface area contributed by atoms with E-state index in [1.54, 1.807) is 0 Å². The summed E-state index contributed by atoms with van der Waals surface area (Å²) < 4.78 is -0.0723. The molecule has 0 radical (unpaired) electrons. The fraction of sp³-hybridized carbons (Fsp3) is 0.125. The third kappa shape index (κ3) is 5.02. The molecule has 7 aromatic carbocycles. The van der Waals surface area contributed by atoms with Crippen LogP contribution in [0.25, 0.3) is 61.5 Å². The molecule has 0 N–H and O–H groups in total. The van der Waals surface area contributed by atoms with Crippen molar-refractivity contribution in [1.29, 1.82) is 0 Å². The van der Waals surface area contributed by atoms with Gasteiger partial charge in [0.15, 0.2) is 0 Å². The summed E-state index contributed by atoms with van der Waals surface area (Å²) in [4.78, 5) is 0. The number of rotatable bonds is 6. The van der Waals surface area contributed by atoms with Gasteiger partial charge in [0.2, 0.25) is 0 Å². The normalized spacial score (nSPS) is 17.5. The van der Waals surface area contributed by atoms with E-state index in [-0.39, 0.29) is 7.25 Å². The molecule has 0 spiro atoms. The molecule has 0 fully saturated rings. The fourth-order valence-corrected chi connectivity index (χ4v) is 41.2. The third-order valence-corrected chi connectivity index (χ3v) is 64.0. The average Bonchev–Trinajstić information content (AvgIpc) is 3.75. The van der Waals surface area contributed by atoms with Gasteiger partial charge in [0.05, 0.1) is 0 Å². The van der Waals surface area contributed by atoms with Crippen LogP contribution in [0.3, 0.4) is 0 Å². The number of aryl methyl sites for hydroxylation is 1. The molecule has 0 nitrogen and oxygen atoms in total. The number of benzene rings is 7. The summed E-state index contributed by atoms with van der Waals surface area (Å²) >= 11 is -5.11. The molecule has 0 saturated heterocycles. The van der Waals surface area contributed by atoms with Crippen LogP contribution in [0, 0.1) is 6.92 Å². The van der Waals surface area contributed by atoms with Crippen LogP contribution < -0.4 is 0 Å². The summed E-state index contributed by atoms with van der Waals surface area (Å²) in [5.74, 6) is -1.78. The second kappa shape index (κ2) is 12.7. The van der Waals surface area contributed by atoms with Gasteiger partial charge in [-0.1, -0.05) is 0 Å². The van der Waals surface area contributed by atoms with E-state index >= 15 is 0 Å². The minimum absolute atomic E-state index is 0.00522. The fourth-order valence-electron chi connectivity index (χ4n) is 9.63. The van der Waals surface area contributed by atoms with Crippen LogP contribution >= 0.6 is 17.0 Å². The second-order valence-corrected chi connectivity index (χ2v) is 57.7. The molecule has 2 aliphatic rings. The predicted octanol–water partition coefficient (Wildman–Crippen LogP) is 14.4. The van der Waals surface area contributed by atoms with Crippen LogP contribution in [-0.2, 0) is 15.6 Å². The summed E-state index contributed by atoms with van der Waals surface area (Å²) in [5.41, 5.74) is 15.3. The molecule has 0 saturated carbocycles. The molecule has 255 valence electrons. The number of allylic oxidation sites excluding steroid dienone is 2. The van der Waals surface area contributed by atoms with Crippen molar-refractivity contribution in [3.05, 3.63) is 185 Å². The van der Waals surface area contributed by atoms with Crippen LogP contribution in [0.5, 0.6) is 0 Å². The Balaban J connectivity index is 1.35. The summed E-state index contributed by atoms with van der Waals surface area (Å²) in [6.45, 7) is 9.46. The van der Waals surface area contributed by atoms with Gasteiger partial charge in [-0.05, 0) is 0 Å². The maximum absolute atomic E-state index is 8.91. The van der Waals surface area contributed by atoms with E-state index in [2.05, 4.69) is 185 Å². The van der Waals surface area contributed by atoms with Crippen molar-refractivity contribution >= 4 is 62.2 Å². The molecule has 9 rings (SSSR count). The Morgan fingerprint density at radius 2 is 1.12 bits per heavy atom. The van der Waals surface area contributed by atoms with Gasteiger partial charge in [0.1, 0.15) is 0 Å². The molecule has 2 atom stereocenters. The number of hydrogen-bond acceptors (Lipinski definition) is 0. The van der Waals surface area contributed by atoms with Gasteiger partial charge < -0.3 is 0 Å². The van der Waals surface area contributed by atoms with Gasteiger partial charge in [-0.15, -0.1) is 0 Å². The number of halogens is 2. The van der Waals surface area contributed by atoms with Crippen LogP contribution in [-0.4, -0.2) is 5.92 Å². The van der Waals surface area contributed by atoms with Crippen molar-refractivity contribution in [2.75, 3.05) is 0 Å². The zero-order valence-corrected chi connectivity index (χ0v) is 35.1. The first-order chi connectivity index (χ1) is 25.2. The first-order valence-corrected chi connectivity index (χ1v) is 34.7. The van der Waals surface area contributed by atoms with E-state index in [1.807, 2.05) is 0 Å². The second-order valence-electron chi connectivity index (χ2n) is 15.2. The number of hydrogen-bond donors (Lipinski definition) is 0. The maximum atomic E-state index is 8.91. The van der Waals surface area contributed by atoms with E-state index in [9.17, 15) is 0 Å². The Morgan fingerprint density at radius 1 is 0.500 bits per heavy atom. The van der Waals surface area contributed by atoms with E-state index in [4.69, 9.17) is 17.0 Å². The standard InChI is InChI=1S/C29H19.C17H15.C2H7Si.2ClH.Zr/c1-2-8-20(9-3-1)25-13-6-11-22-18-23(19-29(22)25)26-14-7-15-27-24-12-5-4-10-21(24)16-17-28(26)27;1-12-10-16-13(2)8-9-15(17(16)11-12)14-6-4-3-5-7-14;1-3-2;;;/h1-19H;3-11H,1-2H3;3H,1-2H3;2*1H;/q;;;;;+2/p-2. The van der Waals surface area contributed by atoms with Crippen molar-refractivity contribution < 1.29 is 15.6 Å².